The summed E-state index contributed by atoms with van der Waals surface area (Å²) >= 11 is 3.29. The highest BCUT2D eigenvalue weighted by molar-refractivity contribution is 9.10. The van der Waals surface area contributed by atoms with Gasteiger partial charge in [-0.25, -0.2) is 4.98 Å². The molecule has 1 aromatic heterocycles. The van der Waals surface area contributed by atoms with E-state index < -0.39 is 0 Å². The van der Waals surface area contributed by atoms with E-state index in [1.165, 1.54) is 0 Å². The Hall–Kier alpha value is -0.350. The Bertz CT molecular complexity index is 184. The normalized spacial score (nSPS) is 10.0. The summed E-state index contributed by atoms with van der Waals surface area (Å²) in [4.78, 5) is 6.93. The van der Waals surface area contributed by atoms with Gasteiger partial charge in [-0.3, -0.25) is 0 Å². The number of rotatable bonds is 2. The first-order valence-electron chi connectivity index (χ1n) is 2.72. The number of hydrogen-bond donors (Lipinski definition) is 2. The van der Waals surface area contributed by atoms with Gasteiger partial charge in [-0.2, -0.15) is 0 Å². The van der Waals surface area contributed by atoms with Crippen LogP contribution in [0, 0.1) is 0 Å². The van der Waals surface area contributed by atoms with Crippen LogP contribution in [0.5, 0.6) is 0 Å². The lowest BCUT2D eigenvalue weighted by molar-refractivity contribution is 0.929. The Morgan fingerprint density at radius 2 is 2.56 bits per heavy atom. The molecule has 9 heavy (non-hydrogen) atoms. The first-order chi connectivity index (χ1) is 4.34. The molecule has 0 aliphatic rings. The summed E-state index contributed by atoms with van der Waals surface area (Å²) in [5.74, 6) is 0. The van der Waals surface area contributed by atoms with E-state index in [-0.39, 0.29) is 0 Å². The average Bonchev–Trinajstić information content (AvgIpc) is 2.18. The second-order valence-corrected chi connectivity index (χ2v) is 2.49. The van der Waals surface area contributed by atoms with E-state index in [2.05, 4.69) is 25.9 Å². The third-order valence-corrected chi connectivity index (χ3v) is 1.73. The minimum atomic E-state index is 0.642. The van der Waals surface area contributed by atoms with Crippen molar-refractivity contribution in [1.29, 1.82) is 0 Å². The van der Waals surface area contributed by atoms with Gasteiger partial charge < -0.3 is 10.7 Å². The minimum absolute atomic E-state index is 0.642. The van der Waals surface area contributed by atoms with E-state index in [1.54, 1.807) is 6.33 Å². The minimum Gasteiger partial charge on any atom is -0.339 e. The lowest BCUT2D eigenvalue weighted by atomic mass is 10.3. The predicted molar refractivity (Wildman–Crippen MR) is 39.0 cm³/mol. The van der Waals surface area contributed by atoms with E-state index in [9.17, 15) is 0 Å². The second-order valence-electron chi connectivity index (χ2n) is 1.70. The molecule has 0 bridgehead atoms. The van der Waals surface area contributed by atoms with Crippen LogP contribution in [-0.2, 0) is 6.42 Å². The largest absolute Gasteiger partial charge is 0.339 e. The SMILES string of the molecule is NCCc1nc[nH]c1Br. The van der Waals surface area contributed by atoms with Crippen LogP contribution in [0.3, 0.4) is 0 Å². The van der Waals surface area contributed by atoms with Gasteiger partial charge in [0.1, 0.15) is 4.60 Å². The molecule has 0 aliphatic heterocycles. The molecule has 3 N–H and O–H groups in total. The van der Waals surface area contributed by atoms with Crippen molar-refractivity contribution in [1.82, 2.24) is 9.97 Å². The molecule has 0 atom stereocenters. The number of H-pyrrole nitrogens is 1. The zero-order valence-corrected chi connectivity index (χ0v) is 6.48. The van der Waals surface area contributed by atoms with Crippen molar-refractivity contribution in [2.45, 2.75) is 6.42 Å². The van der Waals surface area contributed by atoms with Crippen molar-refractivity contribution >= 4 is 15.9 Å². The molecule has 1 aromatic rings. The van der Waals surface area contributed by atoms with Crippen LogP contribution in [0.4, 0.5) is 0 Å². The summed E-state index contributed by atoms with van der Waals surface area (Å²) < 4.78 is 0.938. The molecular weight excluding hydrogens is 182 g/mol. The molecule has 0 radical (unpaired) electrons. The molecule has 0 saturated heterocycles. The van der Waals surface area contributed by atoms with Gasteiger partial charge in [0.25, 0.3) is 0 Å². The number of aromatic amines is 1. The summed E-state index contributed by atoms with van der Waals surface area (Å²) in [7, 11) is 0. The summed E-state index contributed by atoms with van der Waals surface area (Å²) in [6, 6.07) is 0. The van der Waals surface area contributed by atoms with Crippen LogP contribution in [0.1, 0.15) is 5.69 Å². The molecule has 0 aromatic carbocycles. The highest BCUT2D eigenvalue weighted by Gasteiger charge is 1.98. The van der Waals surface area contributed by atoms with E-state index in [0.717, 1.165) is 16.7 Å². The second kappa shape index (κ2) is 2.98. The van der Waals surface area contributed by atoms with Crippen LogP contribution in [-0.4, -0.2) is 16.5 Å². The van der Waals surface area contributed by atoms with Crippen molar-refractivity contribution in [2.75, 3.05) is 6.54 Å². The lowest BCUT2D eigenvalue weighted by Gasteiger charge is -1.89. The predicted octanol–water partition coefficient (Wildman–Crippen LogP) is 0.673. The van der Waals surface area contributed by atoms with Crippen molar-refractivity contribution in [3.63, 3.8) is 0 Å². The molecule has 50 valence electrons. The molecule has 1 heterocycles. The van der Waals surface area contributed by atoms with Gasteiger partial charge in [0.2, 0.25) is 0 Å². The number of imidazole rings is 1. The van der Waals surface area contributed by atoms with Crippen molar-refractivity contribution in [2.24, 2.45) is 5.73 Å². The standard InChI is InChI=1S/C5H8BrN3/c6-5-4(1-2-7)8-3-9-5/h3H,1-2,7H2,(H,8,9). The molecule has 1 rings (SSSR count). The fourth-order valence-corrected chi connectivity index (χ4v) is 1.02. The van der Waals surface area contributed by atoms with Gasteiger partial charge in [-0.05, 0) is 22.5 Å². The number of aromatic nitrogens is 2. The highest BCUT2D eigenvalue weighted by Crippen LogP contribution is 2.09. The molecule has 0 spiro atoms. The summed E-state index contributed by atoms with van der Waals surface area (Å²) in [6.45, 7) is 0.642. The fraction of sp³-hybridized carbons (Fsp3) is 0.400. The zero-order chi connectivity index (χ0) is 6.69. The number of nitrogens with zero attached hydrogens (tertiary/aromatic N) is 1. The number of hydrogen-bond acceptors (Lipinski definition) is 2. The Morgan fingerprint density at radius 1 is 1.78 bits per heavy atom. The van der Waals surface area contributed by atoms with Crippen molar-refractivity contribution < 1.29 is 0 Å². The van der Waals surface area contributed by atoms with Gasteiger partial charge in [0.15, 0.2) is 0 Å². The maximum absolute atomic E-state index is 5.31. The summed E-state index contributed by atoms with van der Waals surface area (Å²) in [5.41, 5.74) is 6.31. The molecular formula is C5H8BrN3. The van der Waals surface area contributed by atoms with Crippen LogP contribution in [0.2, 0.25) is 0 Å². The first kappa shape index (κ1) is 6.77. The maximum Gasteiger partial charge on any atom is 0.105 e. The molecule has 0 amide bonds. The van der Waals surface area contributed by atoms with Crippen LogP contribution < -0.4 is 5.73 Å². The number of halogens is 1. The Morgan fingerprint density at radius 3 is 3.00 bits per heavy atom. The van der Waals surface area contributed by atoms with Gasteiger partial charge >= 0.3 is 0 Å². The fourth-order valence-electron chi connectivity index (χ4n) is 0.618. The molecule has 0 fully saturated rings. The first-order valence-corrected chi connectivity index (χ1v) is 3.51. The smallest absolute Gasteiger partial charge is 0.105 e. The Balaban J connectivity index is 2.69. The van der Waals surface area contributed by atoms with E-state index in [1.807, 2.05) is 0 Å². The quantitative estimate of drug-likeness (QED) is 0.720. The molecule has 3 nitrogen and oxygen atoms in total. The van der Waals surface area contributed by atoms with E-state index in [0.29, 0.717) is 6.54 Å². The lowest BCUT2D eigenvalue weighted by Crippen LogP contribution is -2.03. The Kier molecular flexibility index (Phi) is 2.24. The van der Waals surface area contributed by atoms with Crippen molar-refractivity contribution in [3.8, 4) is 0 Å². The zero-order valence-electron chi connectivity index (χ0n) is 4.89. The summed E-state index contributed by atoms with van der Waals surface area (Å²) in [6.07, 6.45) is 2.47. The number of nitrogens with two attached hydrogens (primary N) is 1. The third kappa shape index (κ3) is 1.53. The highest BCUT2D eigenvalue weighted by atomic mass is 79.9. The van der Waals surface area contributed by atoms with Crippen molar-refractivity contribution in [3.05, 3.63) is 16.6 Å². The van der Waals surface area contributed by atoms with Crippen LogP contribution in [0.15, 0.2) is 10.9 Å². The van der Waals surface area contributed by atoms with Crippen LogP contribution in [0.25, 0.3) is 0 Å². The van der Waals surface area contributed by atoms with Gasteiger partial charge in [0, 0.05) is 6.42 Å². The van der Waals surface area contributed by atoms with E-state index >= 15 is 0 Å². The Labute approximate surface area is 61.8 Å². The average molecular weight is 190 g/mol. The van der Waals surface area contributed by atoms with Gasteiger partial charge in [0.05, 0.1) is 12.0 Å². The molecule has 4 heteroatoms. The van der Waals surface area contributed by atoms with Gasteiger partial charge in [-0.1, -0.05) is 0 Å². The summed E-state index contributed by atoms with van der Waals surface area (Å²) in [5, 5.41) is 0. The topological polar surface area (TPSA) is 54.7 Å². The number of nitrogens with one attached hydrogen (secondary N) is 1. The maximum atomic E-state index is 5.31. The van der Waals surface area contributed by atoms with Crippen LogP contribution >= 0.6 is 15.9 Å². The molecule has 0 aliphatic carbocycles. The molecule has 0 saturated carbocycles. The van der Waals surface area contributed by atoms with E-state index in [4.69, 9.17) is 5.73 Å². The third-order valence-electron chi connectivity index (χ3n) is 1.05. The van der Waals surface area contributed by atoms with Gasteiger partial charge in [-0.15, -0.1) is 0 Å². The molecule has 0 unspecified atom stereocenters. The monoisotopic (exact) mass is 189 g/mol.